The van der Waals surface area contributed by atoms with E-state index in [9.17, 15) is 4.39 Å². The van der Waals surface area contributed by atoms with Gasteiger partial charge in [0.05, 0.1) is 11.1 Å². The van der Waals surface area contributed by atoms with Crippen molar-refractivity contribution in [1.29, 1.82) is 0 Å². The van der Waals surface area contributed by atoms with Crippen LogP contribution in [0.2, 0.25) is 0 Å². The first kappa shape index (κ1) is 9.64. The van der Waals surface area contributed by atoms with Crippen molar-refractivity contribution >= 4 is 15.9 Å². The van der Waals surface area contributed by atoms with E-state index >= 15 is 0 Å². The van der Waals surface area contributed by atoms with Crippen LogP contribution in [0.25, 0.3) is 0 Å². The van der Waals surface area contributed by atoms with Crippen molar-refractivity contribution in [3.8, 4) is 0 Å². The van der Waals surface area contributed by atoms with Crippen LogP contribution in [0.3, 0.4) is 0 Å². The second kappa shape index (κ2) is 3.98. The van der Waals surface area contributed by atoms with Gasteiger partial charge in [0.25, 0.3) is 0 Å². The molecular weight excluding hydrogens is 227 g/mol. The average molecular weight is 235 g/mol. The van der Waals surface area contributed by atoms with Crippen molar-refractivity contribution < 1.29 is 14.6 Å². The van der Waals surface area contributed by atoms with Crippen LogP contribution in [-0.2, 0) is 0 Å². The summed E-state index contributed by atoms with van der Waals surface area (Å²) < 4.78 is 13.4. The number of halogens is 2. The highest BCUT2D eigenvalue weighted by molar-refractivity contribution is 9.10. The van der Waals surface area contributed by atoms with E-state index in [1.165, 1.54) is 12.1 Å². The number of rotatable bonds is 2. The summed E-state index contributed by atoms with van der Waals surface area (Å²) in [5.41, 5.74) is 0.104. The van der Waals surface area contributed by atoms with Crippen LogP contribution in [0, 0.1) is 5.82 Å². The zero-order valence-electron chi connectivity index (χ0n) is 6.17. The molecule has 0 heterocycles. The number of aliphatic hydroxyl groups excluding tert-OH is 2. The lowest BCUT2D eigenvalue weighted by Crippen LogP contribution is -2.05. The highest BCUT2D eigenvalue weighted by Crippen LogP contribution is 2.23. The molecule has 1 rings (SSSR count). The number of hydrogen-bond acceptors (Lipinski definition) is 2. The molecule has 0 spiro atoms. The summed E-state index contributed by atoms with van der Waals surface area (Å²) >= 11 is 2.98. The minimum absolute atomic E-state index is 0.104. The topological polar surface area (TPSA) is 40.5 Å². The summed E-state index contributed by atoms with van der Waals surface area (Å²) in [7, 11) is 0. The molecule has 2 nitrogen and oxygen atoms in total. The summed E-state index contributed by atoms with van der Waals surface area (Å²) in [5, 5.41) is 17.7. The summed E-state index contributed by atoms with van der Waals surface area (Å²) in [5.74, 6) is -0.529. The standard InChI is InChI=1S/C8H8BrFO2/c9-6-3-1-2-5(8(6)10)7(12)4-11/h1-3,7,11-12H,4H2. The molecule has 66 valence electrons. The smallest absolute Gasteiger partial charge is 0.143 e. The van der Waals surface area contributed by atoms with Gasteiger partial charge < -0.3 is 10.2 Å². The fourth-order valence-electron chi connectivity index (χ4n) is 0.876. The van der Waals surface area contributed by atoms with E-state index < -0.39 is 18.5 Å². The molecule has 0 radical (unpaired) electrons. The molecule has 0 amide bonds. The first-order valence-electron chi connectivity index (χ1n) is 3.39. The minimum atomic E-state index is -1.15. The van der Waals surface area contributed by atoms with E-state index in [1.807, 2.05) is 0 Å². The molecule has 1 atom stereocenters. The Morgan fingerprint density at radius 1 is 1.50 bits per heavy atom. The molecule has 0 saturated carbocycles. The zero-order valence-corrected chi connectivity index (χ0v) is 7.75. The molecule has 1 aromatic rings. The van der Waals surface area contributed by atoms with Gasteiger partial charge in [-0.25, -0.2) is 4.39 Å². The first-order valence-corrected chi connectivity index (χ1v) is 4.19. The molecule has 0 aliphatic carbocycles. The first-order chi connectivity index (χ1) is 5.66. The van der Waals surface area contributed by atoms with Crippen LogP contribution in [0.15, 0.2) is 22.7 Å². The van der Waals surface area contributed by atoms with Gasteiger partial charge >= 0.3 is 0 Å². The second-order valence-electron chi connectivity index (χ2n) is 2.34. The lowest BCUT2D eigenvalue weighted by molar-refractivity contribution is 0.0925. The van der Waals surface area contributed by atoms with Crippen LogP contribution in [0.4, 0.5) is 4.39 Å². The highest BCUT2D eigenvalue weighted by atomic mass is 79.9. The second-order valence-corrected chi connectivity index (χ2v) is 3.20. The quantitative estimate of drug-likeness (QED) is 0.817. The lowest BCUT2D eigenvalue weighted by Gasteiger charge is -2.08. The third-order valence-corrected chi connectivity index (χ3v) is 2.13. The van der Waals surface area contributed by atoms with E-state index in [0.29, 0.717) is 0 Å². The van der Waals surface area contributed by atoms with Crippen molar-refractivity contribution in [1.82, 2.24) is 0 Å². The van der Waals surface area contributed by atoms with Gasteiger partial charge in [0.15, 0.2) is 0 Å². The molecule has 0 saturated heterocycles. The molecule has 1 aromatic carbocycles. The van der Waals surface area contributed by atoms with Gasteiger partial charge in [-0.2, -0.15) is 0 Å². The number of hydrogen-bond donors (Lipinski definition) is 2. The van der Waals surface area contributed by atoms with Crippen molar-refractivity contribution in [2.45, 2.75) is 6.10 Å². The van der Waals surface area contributed by atoms with E-state index in [0.717, 1.165) is 0 Å². The third kappa shape index (κ3) is 1.83. The molecule has 0 fully saturated rings. The molecule has 0 aliphatic rings. The zero-order chi connectivity index (χ0) is 9.14. The molecule has 0 bridgehead atoms. The molecule has 0 aliphatic heterocycles. The number of aliphatic hydroxyl groups is 2. The monoisotopic (exact) mass is 234 g/mol. The Morgan fingerprint density at radius 2 is 2.17 bits per heavy atom. The Hall–Kier alpha value is -0.450. The van der Waals surface area contributed by atoms with Gasteiger partial charge in [0.2, 0.25) is 0 Å². The van der Waals surface area contributed by atoms with E-state index in [4.69, 9.17) is 10.2 Å². The molecule has 2 N–H and O–H groups in total. The Kier molecular flexibility index (Phi) is 3.20. The maximum absolute atomic E-state index is 13.1. The van der Waals surface area contributed by atoms with Crippen LogP contribution in [0.5, 0.6) is 0 Å². The third-order valence-electron chi connectivity index (χ3n) is 1.51. The van der Waals surface area contributed by atoms with Crippen LogP contribution in [0.1, 0.15) is 11.7 Å². The van der Waals surface area contributed by atoms with Gasteiger partial charge in [-0.1, -0.05) is 12.1 Å². The Labute approximate surface area is 77.8 Å². The number of benzene rings is 1. The molecule has 4 heteroatoms. The van der Waals surface area contributed by atoms with Crippen molar-refractivity contribution in [2.24, 2.45) is 0 Å². The summed E-state index contributed by atoms with van der Waals surface area (Å²) in [6.45, 7) is -0.479. The van der Waals surface area contributed by atoms with Crippen LogP contribution < -0.4 is 0 Å². The van der Waals surface area contributed by atoms with Gasteiger partial charge in [0.1, 0.15) is 11.9 Å². The van der Waals surface area contributed by atoms with Gasteiger partial charge in [-0.3, -0.25) is 0 Å². The highest BCUT2D eigenvalue weighted by Gasteiger charge is 2.12. The van der Waals surface area contributed by atoms with Crippen LogP contribution >= 0.6 is 15.9 Å². The normalized spacial score (nSPS) is 13.0. The lowest BCUT2D eigenvalue weighted by atomic mass is 10.1. The van der Waals surface area contributed by atoms with Gasteiger partial charge in [0, 0.05) is 5.56 Å². The Balaban J connectivity index is 3.07. The minimum Gasteiger partial charge on any atom is -0.393 e. The summed E-state index contributed by atoms with van der Waals surface area (Å²) in [6.07, 6.45) is -1.15. The largest absolute Gasteiger partial charge is 0.393 e. The maximum atomic E-state index is 13.1. The maximum Gasteiger partial charge on any atom is 0.143 e. The molecule has 12 heavy (non-hydrogen) atoms. The fraction of sp³-hybridized carbons (Fsp3) is 0.250. The molecule has 0 aromatic heterocycles. The predicted molar refractivity (Wildman–Crippen MR) is 46.1 cm³/mol. The SMILES string of the molecule is OCC(O)c1cccc(Br)c1F. The Morgan fingerprint density at radius 3 is 2.75 bits per heavy atom. The van der Waals surface area contributed by atoms with Gasteiger partial charge in [-0.15, -0.1) is 0 Å². The van der Waals surface area contributed by atoms with E-state index in [1.54, 1.807) is 6.07 Å². The van der Waals surface area contributed by atoms with Crippen LogP contribution in [-0.4, -0.2) is 16.8 Å². The summed E-state index contributed by atoms with van der Waals surface area (Å²) in [4.78, 5) is 0. The Bertz CT molecular complexity index is 278. The van der Waals surface area contributed by atoms with Gasteiger partial charge in [-0.05, 0) is 22.0 Å². The fourth-order valence-corrected chi connectivity index (χ4v) is 1.26. The van der Waals surface area contributed by atoms with Crippen molar-refractivity contribution in [3.05, 3.63) is 34.1 Å². The summed E-state index contributed by atoms with van der Waals surface area (Å²) in [6, 6.07) is 4.56. The predicted octanol–water partition coefficient (Wildman–Crippen LogP) is 1.61. The van der Waals surface area contributed by atoms with E-state index in [-0.39, 0.29) is 10.0 Å². The average Bonchev–Trinajstić information content (AvgIpc) is 2.08. The van der Waals surface area contributed by atoms with Crippen molar-refractivity contribution in [3.63, 3.8) is 0 Å². The van der Waals surface area contributed by atoms with Crippen molar-refractivity contribution in [2.75, 3.05) is 6.61 Å². The van der Waals surface area contributed by atoms with E-state index in [2.05, 4.69) is 15.9 Å². The molecular formula is C8H8BrFO2. The molecule has 1 unspecified atom stereocenters.